The first kappa shape index (κ1) is 19.1. The van der Waals surface area contributed by atoms with Crippen molar-refractivity contribution >= 4 is 67.2 Å². The van der Waals surface area contributed by atoms with Crippen molar-refractivity contribution in [1.29, 1.82) is 0 Å². The molecule has 146 valence electrons. The van der Waals surface area contributed by atoms with Crippen LogP contribution in [0, 0.1) is 0 Å². The number of anilines is 1. The van der Waals surface area contributed by atoms with Gasteiger partial charge in [-0.1, -0.05) is 42.2 Å². The highest BCUT2D eigenvalue weighted by molar-refractivity contribution is 8.26. The van der Waals surface area contributed by atoms with Gasteiger partial charge in [-0.3, -0.25) is 24.2 Å². The van der Waals surface area contributed by atoms with Crippen molar-refractivity contribution in [2.75, 3.05) is 23.0 Å². The zero-order chi connectivity index (χ0) is 20.2. The minimum Gasteiger partial charge on any atom is -0.480 e. The second kappa shape index (κ2) is 6.68. The summed E-state index contributed by atoms with van der Waals surface area (Å²) in [6, 6.07) is 6.10. The number of hydrogen-bond acceptors (Lipinski definition) is 7. The number of benzene rings is 1. The Hall–Kier alpha value is -2.24. The highest BCUT2D eigenvalue weighted by atomic mass is 32.2. The lowest BCUT2D eigenvalue weighted by Gasteiger charge is -2.21. The average Bonchev–Trinajstić information content (AvgIpc) is 3.20. The second-order valence-corrected chi connectivity index (χ2v) is 10.5. The lowest BCUT2D eigenvalue weighted by molar-refractivity contribution is -0.136. The number of thioether (sulfide) groups is 1. The van der Waals surface area contributed by atoms with E-state index < -0.39 is 40.2 Å². The summed E-state index contributed by atoms with van der Waals surface area (Å²) in [5, 5.41) is 9.13. The van der Waals surface area contributed by atoms with E-state index in [1.165, 1.54) is 4.90 Å². The molecule has 28 heavy (non-hydrogen) atoms. The zero-order valence-electron chi connectivity index (χ0n) is 14.3. The quantitative estimate of drug-likeness (QED) is 0.547. The normalized spacial score (nSPS) is 26.3. The number of carbonyl (C=O) groups is 3. The van der Waals surface area contributed by atoms with Gasteiger partial charge < -0.3 is 5.11 Å². The van der Waals surface area contributed by atoms with Gasteiger partial charge in [0.25, 0.3) is 11.8 Å². The third-order valence-electron chi connectivity index (χ3n) is 4.82. The Bertz CT molecular complexity index is 1080. The predicted octanol–water partition coefficient (Wildman–Crippen LogP) is 0.876. The number of hydrogen-bond donors (Lipinski definition) is 1. The maximum absolute atomic E-state index is 13.1. The Kier molecular flexibility index (Phi) is 4.55. The molecule has 3 aliphatic heterocycles. The fourth-order valence-corrected chi connectivity index (χ4v) is 6.79. The van der Waals surface area contributed by atoms with Crippen molar-refractivity contribution < 1.29 is 27.9 Å². The maximum Gasteiger partial charge on any atom is 0.323 e. The number of fused-ring (bicyclic) bond motifs is 1. The summed E-state index contributed by atoms with van der Waals surface area (Å²) in [6.45, 7) is -0.527. The van der Waals surface area contributed by atoms with Gasteiger partial charge in [0.15, 0.2) is 9.84 Å². The van der Waals surface area contributed by atoms with E-state index in [0.29, 0.717) is 17.7 Å². The minimum absolute atomic E-state index is 0.00517. The summed E-state index contributed by atoms with van der Waals surface area (Å²) in [5.74, 6) is -2.42. The van der Waals surface area contributed by atoms with Gasteiger partial charge in [-0.05, 0) is 12.5 Å². The molecular weight excluding hydrogens is 424 g/mol. The summed E-state index contributed by atoms with van der Waals surface area (Å²) in [5.41, 5.74) is 0.990. The second-order valence-electron chi connectivity index (χ2n) is 6.61. The van der Waals surface area contributed by atoms with Gasteiger partial charge in [-0.25, -0.2) is 8.42 Å². The van der Waals surface area contributed by atoms with E-state index >= 15 is 0 Å². The van der Waals surface area contributed by atoms with Crippen LogP contribution in [0.15, 0.2) is 29.2 Å². The Labute approximate surface area is 170 Å². The standard InChI is InChI=1S/C17H14N2O6S3/c20-12(21)7-18-11-4-2-1-3-10(11)13(15(18)22)14-16(23)19(17(26)27-14)9-5-6-28(24,25)8-9/h1-4,9H,5-8H2,(H,20,21)/b14-13-/t9-/m1/s1. The number of carbonyl (C=O) groups excluding carboxylic acids is 2. The van der Waals surface area contributed by atoms with E-state index in [9.17, 15) is 22.8 Å². The fourth-order valence-electron chi connectivity index (χ4n) is 3.62. The predicted molar refractivity (Wildman–Crippen MR) is 107 cm³/mol. The van der Waals surface area contributed by atoms with E-state index in [0.717, 1.165) is 16.7 Å². The summed E-state index contributed by atoms with van der Waals surface area (Å²) in [4.78, 5) is 39.7. The molecule has 0 saturated carbocycles. The van der Waals surface area contributed by atoms with Crippen LogP contribution in [0.2, 0.25) is 0 Å². The first-order valence-corrected chi connectivity index (χ1v) is 11.4. The highest BCUT2D eigenvalue weighted by Gasteiger charge is 2.46. The largest absolute Gasteiger partial charge is 0.480 e. The molecule has 3 heterocycles. The molecule has 0 radical (unpaired) electrons. The summed E-state index contributed by atoms with van der Waals surface area (Å²) in [7, 11) is -3.22. The molecule has 2 amide bonds. The smallest absolute Gasteiger partial charge is 0.323 e. The molecule has 8 nitrogen and oxygen atoms in total. The fraction of sp³-hybridized carbons (Fsp3) is 0.294. The number of aliphatic carboxylic acids is 1. The van der Waals surface area contributed by atoms with E-state index in [-0.39, 0.29) is 26.3 Å². The first-order chi connectivity index (χ1) is 13.2. The van der Waals surface area contributed by atoms with Gasteiger partial charge in [-0.2, -0.15) is 0 Å². The third kappa shape index (κ3) is 3.03. The van der Waals surface area contributed by atoms with Crippen molar-refractivity contribution in [2.45, 2.75) is 12.5 Å². The van der Waals surface area contributed by atoms with Crippen LogP contribution in [0.3, 0.4) is 0 Å². The molecule has 11 heteroatoms. The third-order valence-corrected chi connectivity index (χ3v) is 7.97. The molecule has 3 aliphatic rings. The summed E-state index contributed by atoms with van der Waals surface area (Å²) < 4.78 is 23.8. The van der Waals surface area contributed by atoms with E-state index in [4.69, 9.17) is 17.3 Å². The van der Waals surface area contributed by atoms with Crippen LogP contribution in [0.25, 0.3) is 5.57 Å². The van der Waals surface area contributed by atoms with E-state index in [1.807, 2.05) is 0 Å². The van der Waals surface area contributed by atoms with Crippen LogP contribution in [0.5, 0.6) is 0 Å². The number of thiocarbonyl (C=S) groups is 1. The SMILES string of the molecule is O=C(O)CN1C(=O)/C(=C2\SC(=S)N([C@@H]3CCS(=O)(=O)C3)C2=O)c2ccccc21. The van der Waals surface area contributed by atoms with Crippen LogP contribution in [0.4, 0.5) is 5.69 Å². The highest BCUT2D eigenvalue weighted by Crippen LogP contribution is 2.45. The Morgan fingerprint density at radius 1 is 1.25 bits per heavy atom. The number of amides is 2. The molecule has 0 aliphatic carbocycles. The monoisotopic (exact) mass is 438 g/mol. The molecule has 0 bridgehead atoms. The molecule has 1 aromatic carbocycles. The molecule has 4 rings (SSSR count). The molecule has 1 N–H and O–H groups in total. The van der Waals surface area contributed by atoms with E-state index in [2.05, 4.69) is 0 Å². The van der Waals surface area contributed by atoms with Crippen LogP contribution in [-0.2, 0) is 24.2 Å². The maximum atomic E-state index is 13.1. The summed E-state index contributed by atoms with van der Waals surface area (Å²) in [6.07, 6.45) is 0.299. The van der Waals surface area contributed by atoms with Crippen molar-refractivity contribution in [1.82, 2.24) is 4.90 Å². The Morgan fingerprint density at radius 2 is 1.96 bits per heavy atom. The molecule has 0 spiro atoms. The lowest BCUT2D eigenvalue weighted by Crippen LogP contribution is -2.39. The number of sulfone groups is 1. The Balaban J connectivity index is 1.77. The van der Waals surface area contributed by atoms with Gasteiger partial charge >= 0.3 is 5.97 Å². The van der Waals surface area contributed by atoms with Crippen molar-refractivity contribution in [3.8, 4) is 0 Å². The molecular formula is C17H14N2O6S3. The topological polar surface area (TPSA) is 112 Å². The van der Waals surface area contributed by atoms with Gasteiger partial charge in [0.05, 0.1) is 33.7 Å². The van der Waals surface area contributed by atoms with Gasteiger partial charge in [-0.15, -0.1) is 0 Å². The first-order valence-electron chi connectivity index (χ1n) is 8.33. The van der Waals surface area contributed by atoms with Crippen molar-refractivity contribution in [3.05, 3.63) is 34.7 Å². The number of carboxylic acid groups (broad SMARTS) is 1. The summed E-state index contributed by atoms with van der Waals surface area (Å²) >= 11 is 6.25. The van der Waals surface area contributed by atoms with Crippen LogP contribution >= 0.6 is 24.0 Å². The van der Waals surface area contributed by atoms with Crippen molar-refractivity contribution in [2.24, 2.45) is 0 Å². The molecule has 2 saturated heterocycles. The lowest BCUT2D eigenvalue weighted by atomic mass is 10.1. The van der Waals surface area contributed by atoms with Crippen LogP contribution < -0.4 is 4.90 Å². The van der Waals surface area contributed by atoms with Gasteiger partial charge in [0, 0.05) is 5.56 Å². The Morgan fingerprint density at radius 3 is 2.61 bits per heavy atom. The molecule has 0 aromatic heterocycles. The number of nitrogens with zero attached hydrogens (tertiary/aromatic N) is 2. The van der Waals surface area contributed by atoms with E-state index in [1.54, 1.807) is 24.3 Å². The molecule has 1 aromatic rings. The van der Waals surface area contributed by atoms with Crippen LogP contribution in [0.1, 0.15) is 12.0 Å². The molecule has 0 unspecified atom stereocenters. The number of carboxylic acids is 1. The van der Waals surface area contributed by atoms with Gasteiger partial charge in [0.1, 0.15) is 10.9 Å². The molecule has 2 fully saturated rings. The average molecular weight is 439 g/mol. The number of rotatable bonds is 3. The van der Waals surface area contributed by atoms with Gasteiger partial charge in [0.2, 0.25) is 0 Å². The van der Waals surface area contributed by atoms with Crippen LogP contribution in [-0.4, -0.2) is 64.6 Å². The zero-order valence-corrected chi connectivity index (χ0v) is 16.8. The van der Waals surface area contributed by atoms with Crippen molar-refractivity contribution in [3.63, 3.8) is 0 Å². The number of para-hydroxylation sites is 1. The minimum atomic E-state index is -3.22. The molecule has 1 atom stereocenters.